The Labute approximate surface area is 76.1 Å². The van der Waals surface area contributed by atoms with Crippen LogP contribution in [0.25, 0.3) is 5.57 Å². The van der Waals surface area contributed by atoms with Gasteiger partial charge in [0.1, 0.15) is 0 Å². The summed E-state index contributed by atoms with van der Waals surface area (Å²) in [6.45, 7) is 6.03. The molecule has 1 heteroatoms. The van der Waals surface area contributed by atoms with Gasteiger partial charge in [0.05, 0.1) is 0 Å². The monoisotopic (exact) mass is 210 g/mol. The number of rotatable bonds is 2. The van der Waals surface area contributed by atoms with Crippen molar-refractivity contribution in [1.29, 1.82) is 0 Å². The highest BCUT2D eigenvalue weighted by molar-refractivity contribution is 9.09. The van der Waals surface area contributed by atoms with Crippen LogP contribution in [-0.4, -0.2) is 5.33 Å². The van der Waals surface area contributed by atoms with Crippen molar-refractivity contribution in [3.8, 4) is 0 Å². The summed E-state index contributed by atoms with van der Waals surface area (Å²) in [5, 5.41) is 0.844. The van der Waals surface area contributed by atoms with Gasteiger partial charge in [0.2, 0.25) is 0 Å². The Kier molecular flexibility index (Phi) is 2.89. The fraction of sp³-hybridized carbons (Fsp3) is 0.200. The Morgan fingerprint density at radius 1 is 1.55 bits per heavy atom. The van der Waals surface area contributed by atoms with Gasteiger partial charge in [0, 0.05) is 5.33 Å². The van der Waals surface area contributed by atoms with Crippen LogP contribution >= 0.6 is 15.9 Å². The zero-order valence-corrected chi connectivity index (χ0v) is 8.19. The zero-order chi connectivity index (χ0) is 8.27. The first kappa shape index (κ1) is 8.54. The average Bonchev–Trinajstić information content (AvgIpc) is 2.03. The molecule has 0 aliphatic heterocycles. The Morgan fingerprint density at radius 2 is 2.27 bits per heavy atom. The summed E-state index contributed by atoms with van der Waals surface area (Å²) in [6, 6.07) is 8.36. The van der Waals surface area contributed by atoms with Crippen LogP contribution < -0.4 is 0 Å². The van der Waals surface area contributed by atoms with Crippen LogP contribution in [0.3, 0.4) is 0 Å². The molecule has 0 atom stereocenters. The second-order valence-corrected chi connectivity index (χ2v) is 3.17. The molecular weight excluding hydrogens is 200 g/mol. The van der Waals surface area contributed by atoms with Crippen molar-refractivity contribution in [3.05, 3.63) is 42.0 Å². The summed E-state index contributed by atoms with van der Waals surface area (Å²) < 4.78 is 0. The first-order chi connectivity index (χ1) is 5.24. The molecule has 0 spiro atoms. The SMILES string of the molecule is C=C(CBr)c1cccc(C)c1. The third kappa shape index (κ3) is 2.19. The lowest BCUT2D eigenvalue weighted by atomic mass is 10.1. The molecule has 0 aliphatic rings. The largest absolute Gasteiger partial charge is 0.0944 e. The van der Waals surface area contributed by atoms with Gasteiger partial charge in [-0.2, -0.15) is 0 Å². The van der Waals surface area contributed by atoms with Crippen LogP contribution in [0.15, 0.2) is 30.8 Å². The van der Waals surface area contributed by atoms with Crippen LogP contribution in [0.5, 0.6) is 0 Å². The topological polar surface area (TPSA) is 0 Å². The molecule has 0 fully saturated rings. The van der Waals surface area contributed by atoms with Crippen LogP contribution in [0.2, 0.25) is 0 Å². The number of alkyl halides is 1. The van der Waals surface area contributed by atoms with Crippen molar-refractivity contribution in [2.75, 3.05) is 5.33 Å². The number of hydrogen-bond acceptors (Lipinski definition) is 0. The first-order valence-electron chi connectivity index (χ1n) is 3.55. The molecule has 0 aromatic heterocycles. The molecule has 0 unspecified atom stereocenters. The van der Waals surface area contributed by atoms with Gasteiger partial charge in [0.25, 0.3) is 0 Å². The van der Waals surface area contributed by atoms with Crippen molar-refractivity contribution >= 4 is 21.5 Å². The Morgan fingerprint density at radius 3 is 2.82 bits per heavy atom. The summed E-state index contributed by atoms with van der Waals surface area (Å²) in [5.74, 6) is 0. The normalized spacial score (nSPS) is 9.64. The van der Waals surface area contributed by atoms with E-state index < -0.39 is 0 Å². The van der Waals surface area contributed by atoms with Crippen molar-refractivity contribution < 1.29 is 0 Å². The molecule has 0 bridgehead atoms. The van der Waals surface area contributed by atoms with Gasteiger partial charge in [-0.25, -0.2) is 0 Å². The molecule has 0 radical (unpaired) electrons. The highest BCUT2D eigenvalue weighted by Crippen LogP contribution is 2.15. The standard InChI is InChI=1S/C10H11Br/c1-8-4-3-5-10(6-8)9(2)7-11/h3-6H,2,7H2,1H3. The Balaban J connectivity index is 2.96. The zero-order valence-electron chi connectivity index (χ0n) is 6.60. The van der Waals surface area contributed by atoms with E-state index in [0.29, 0.717) is 0 Å². The van der Waals surface area contributed by atoms with E-state index in [0.717, 1.165) is 10.9 Å². The molecular formula is C10H11Br. The molecule has 58 valence electrons. The van der Waals surface area contributed by atoms with Gasteiger partial charge in [-0.3, -0.25) is 0 Å². The van der Waals surface area contributed by atoms with Gasteiger partial charge in [0.15, 0.2) is 0 Å². The molecule has 0 aliphatic carbocycles. The molecule has 0 amide bonds. The highest BCUT2D eigenvalue weighted by atomic mass is 79.9. The van der Waals surface area contributed by atoms with E-state index in [9.17, 15) is 0 Å². The van der Waals surface area contributed by atoms with Crippen LogP contribution in [0, 0.1) is 6.92 Å². The maximum Gasteiger partial charge on any atom is 0.0283 e. The third-order valence-corrected chi connectivity index (χ3v) is 2.26. The lowest BCUT2D eigenvalue weighted by molar-refractivity contribution is 1.44. The number of benzene rings is 1. The Bertz CT molecular complexity index is 263. The maximum absolute atomic E-state index is 3.94. The average molecular weight is 211 g/mol. The third-order valence-electron chi connectivity index (χ3n) is 1.59. The fourth-order valence-electron chi connectivity index (χ4n) is 0.942. The van der Waals surface area contributed by atoms with Crippen molar-refractivity contribution in [2.24, 2.45) is 0 Å². The maximum atomic E-state index is 3.94. The minimum absolute atomic E-state index is 0.844. The number of allylic oxidation sites excluding steroid dienone is 1. The van der Waals surface area contributed by atoms with E-state index in [-0.39, 0.29) is 0 Å². The summed E-state index contributed by atoms with van der Waals surface area (Å²) in [4.78, 5) is 0. The van der Waals surface area contributed by atoms with Crippen molar-refractivity contribution in [1.82, 2.24) is 0 Å². The molecule has 1 aromatic carbocycles. The lowest BCUT2D eigenvalue weighted by Gasteiger charge is -2.01. The second-order valence-electron chi connectivity index (χ2n) is 2.61. The molecule has 0 saturated heterocycles. The van der Waals surface area contributed by atoms with E-state index >= 15 is 0 Å². The Hall–Kier alpha value is -0.560. The van der Waals surface area contributed by atoms with E-state index in [1.54, 1.807) is 0 Å². The lowest BCUT2D eigenvalue weighted by Crippen LogP contribution is -1.83. The first-order valence-corrected chi connectivity index (χ1v) is 4.67. The quantitative estimate of drug-likeness (QED) is 0.657. The minimum atomic E-state index is 0.844. The van der Waals surface area contributed by atoms with E-state index in [2.05, 4.69) is 53.7 Å². The van der Waals surface area contributed by atoms with E-state index in [4.69, 9.17) is 0 Å². The predicted molar refractivity (Wildman–Crippen MR) is 54.0 cm³/mol. The molecule has 0 nitrogen and oxygen atoms in total. The van der Waals surface area contributed by atoms with Crippen LogP contribution in [0.4, 0.5) is 0 Å². The molecule has 1 rings (SSSR count). The van der Waals surface area contributed by atoms with Gasteiger partial charge in [-0.1, -0.05) is 52.3 Å². The summed E-state index contributed by atoms with van der Waals surface area (Å²) in [6.07, 6.45) is 0. The van der Waals surface area contributed by atoms with E-state index in [1.807, 2.05) is 0 Å². The number of hydrogen-bond donors (Lipinski definition) is 0. The predicted octanol–water partition coefficient (Wildman–Crippen LogP) is 3.40. The molecule has 0 heterocycles. The van der Waals surface area contributed by atoms with Crippen LogP contribution in [0.1, 0.15) is 11.1 Å². The summed E-state index contributed by atoms with van der Waals surface area (Å²) in [5.41, 5.74) is 3.64. The fourth-order valence-corrected chi connectivity index (χ4v) is 1.27. The van der Waals surface area contributed by atoms with Crippen molar-refractivity contribution in [2.45, 2.75) is 6.92 Å². The highest BCUT2D eigenvalue weighted by Gasteiger charge is 1.95. The van der Waals surface area contributed by atoms with E-state index in [1.165, 1.54) is 11.1 Å². The molecule has 0 saturated carbocycles. The summed E-state index contributed by atoms with van der Waals surface area (Å²) in [7, 11) is 0. The smallest absolute Gasteiger partial charge is 0.0283 e. The molecule has 1 aromatic rings. The van der Waals surface area contributed by atoms with Crippen LogP contribution in [-0.2, 0) is 0 Å². The molecule has 0 N–H and O–H groups in total. The van der Waals surface area contributed by atoms with Crippen molar-refractivity contribution in [3.63, 3.8) is 0 Å². The minimum Gasteiger partial charge on any atom is -0.0944 e. The number of halogens is 1. The molecule has 11 heavy (non-hydrogen) atoms. The van der Waals surface area contributed by atoms with Gasteiger partial charge < -0.3 is 0 Å². The second kappa shape index (κ2) is 3.72. The summed E-state index contributed by atoms with van der Waals surface area (Å²) >= 11 is 3.38. The van der Waals surface area contributed by atoms with Gasteiger partial charge in [-0.15, -0.1) is 0 Å². The van der Waals surface area contributed by atoms with Gasteiger partial charge >= 0.3 is 0 Å². The number of aryl methyl sites for hydroxylation is 1. The van der Waals surface area contributed by atoms with Gasteiger partial charge in [-0.05, 0) is 18.1 Å².